The van der Waals surface area contributed by atoms with Gasteiger partial charge in [-0.15, -0.1) is 0 Å². The first kappa shape index (κ1) is 16.4. The SMILES string of the molecule is O=C(O)c1cccc(S(=O)(=O)NC(C2CC2)C2CCCCO2)c1. The average Bonchev–Trinajstić information content (AvgIpc) is 3.38. The molecule has 0 radical (unpaired) electrons. The molecule has 2 atom stereocenters. The number of hydrogen-bond donors (Lipinski definition) is 2. The van der Waals surface area contributed by atoms with Gasteiger partial charge in [0.25, 0.3) is 0 Å². The van der Waals surface area contributed by atoms with Gasteiger partial charge in [0.1, 0.15) is 0 Å². The molecule has 6 nitrogen and oxygen atoms in total. The van der Waals surface area contributed by atoms with Gasteiger partial charge in [-0.3, -0.25) is 0 Å². The maximum atomic E-state index is 12.6. The summed E-state index contributed by atoms with van der Waals surface area (Å²) in [5, 5.41) is 9.02. The molecule has 1 aromatic carbocycles. The molecular formula is C16H21NO5S. The van der Waals surface area contributed by atoms with Gasteiger partial charge in [0.05, 0.1) is 22.6 Å². The minimum Gasteiger partial charge on any atom is -0.478 e. The molecule has 0 spiro atoms. The minimum absolute atomic E-state index is 0.0149. The maximum absolute atomic E-state index is 12.6. The van der Waals surface area contributed by atoms with E-state index in [0.717, 1.165) is 32.1 Å². The highest BCUT2D eigenvalue weighted by molar-refractivity contribution is 7.89. The van der Waals surface area contributed by atoms with Crippen LogP contribution >= 0.6 is 0 Å². The van der Waals surface area contributed by atoms with Crippen LogP contribution in [0.4, 0.5) is 0 Å². The molecule has 3 rings (SSSR count). The molecule has 2 unspecified atom stereocenters. The number of ether oxygens (including phenoxy) is 1. The summed E-state index contributed by atoms with van der Waals surface area (Å²) in [4.78, 5) is 11.0. The third-order valence-corrected chi connectivity index (χ3v) is 5.88. The van der Waals surface area contributed by atoms with Crippen molar-refractivity contribution in [3.63, 3.8) is 0 Å². The van der Waals surface area contributed by atoms with Crippen LogP contribution in [0.15, 0.2) is 29.2 Å². The van der Waals surface area contributed by atoms with Crippen LogP contribution in [0.3, 0.4) is 0 Å². The van der Waals surface area contributed by atoms with Gasteiger partial charge in [0, 0.05) is 6.61 Å². The summed E-state index contributed by atoms with van der Waals surface area (Å²) < 4.78 is 33.8. The Hall–Kier alpha value is -1.44. The number of hydrogen-bond acceptors (Lipinski definition) is 4. The Balaban J connectivity index is 1.80. The zero-order chi connectivity index (χ0) is 16.4. The molecule has 7 heteroatoms. The van der Waals surface area contributed by atoms with Gasteiger partial charge in [-0.05, 0) is 56.2 Å². The summed E-state index contributed by atoms with van der Waals surface area (Å²) in [6.07, 6.45) is 4.84. The van der Waals surface area contributed by atoms with Gasteiger partial charge >= 0.3 is 5.97 Å². The van der Waals surface area contributed by atoms with Gasteiger partial charge in [-0.2, -0.15) is 0 Å². The van der Waals surface area contributed by atoms with Gasteiger partial charge in [0.15, 0.2) is 0 Å². The lowest BCUT2D eigenvalue weighted by Gasteiger charge is -2.31. The molecule has 126 valence electrons. The van der Waals surface area contributed by atoms with Gasteiger partial charge in [-0.1, -0.05) is 6.07 Å². The first-order valence-corrected chi connectivity index (χ1v) is 9.43. The molecule has 1 saturated heterocycles. The Labute approximate surface area is 135 Å². The third kappa shape index (κ3) is 3.91. The Morgan fingerprint density at radius 3 is 2.65 bits per heavy atom. The number of sulfonamides is 1. The van der Waals surface area contributed by atoms with Crippen LogP contribution in [0.1, 0.15) is 42.5 Å². The van der Waals surface area contributed by atoms with E-state index in [2.05, 4.69) is 4.72 Å². The van der Waals surface area contributed by atoms with Crippen molar-refractivity contribution in [3.8, 4) is 0 Å². The topological polar surface area (TPSA) is 92.7 Å². The minimum atomic E-state index is -3.76. The number of aromatic carboxylic acids is 1. The fourth-order valence-electron chi connectivity index (χ4n) is 3.02. The quantitative estimate of drug-likeness (QED) is 0.827. The second-order valence-corrected chi connectivity index (χ2v) is 7.94. The second-order valence-electron chi connectivity index (χ2n) is 6.22. The number of benzene rings is 1. The largest absolute Gasteiger partial charge is 0.478 e. The molecule has 1 saturated carbocycles. The molecule has 1 aliphatic carbocycles. The molecule has 1 heterocycles. The van der Waals surface area contributed by atoms with Crippen LogP contribution in [-0.4, -0.2) is 38.2 Å². The molecule has 23 heavy (non-hydrogen) atoms. The summed E-state index contributed by atoms with van der Waals surface area (Å²) in [6, 6.07) is 5.20. The predicted octanol–water partition coefficient (Wildman–Crippen LogP) is 2.01. The number of carboxylic acid groups (broad SMARTS) is 1. The molecule has 0 bridgehead atoms. The van der Waals surface area contributed by atoms with Gasteiger partial charge < -0.3 is 9.84 Å². The summed E-state index contributed by atoms with van der Waals surface area (Å²) in [5.74, 6) is -0.827. The maximum Gasteiger partial charge on any atom is 0.335 e. The van der Waals surface area contributed by atoms with E-state index in [4.69, 9.17) is 9.84 Å². The van der Waals surface area contributed by atoms with Crippen LogP contribution in [0, 0.1) is 5.92 Å². The van der Waals surface area contributed by atoms with Crippen molar-refractivity contribution in [3.05, 3.63) is 29.8 Å². The average molecular weight is 339 g/mol. The highest BCUT2D eigenvalue weighted by atomic mass is 32.2. The normalized spacial score (nSPS) is 23.4. The van der Waals surface area contributed by atoms with Crippen molar-refractivity contribution in [2.75, 3.05) is 6.61 Å². The summed E-state index contributed by atoms with van der Waals surface area (Å²) >= 11 is 0. The lowest BCUT2D eigenvalue weighted by atomic mass is 9.99. The van der Waals surface area contributed by atoms with Crippen molar-refractivity contribution in [1.82, 2.24) is 4.72 Å². The van der Waals surface area contributed by atoms with E-state index in [9.17, 15) is 13.2 Å². The van der Waals surface area contributed by atoms with Crippen molar-refractivity contribution >= 4 is 16.0 Å². The molecular weight excluding hydrogens is 318 g/mol. The van der Waals surface area contributed by atoms with Crippen LogP contribution in [0.5, 0.6) is 0 Å². The smallest absolute Gasteiger partial charge is 0.335 e. The number of rotatable bonds is 6. The van der Waals surface area contributed by atoms with Crippen LogP contribution in [0.25, 0.3) is 0 Å². The lowest BCUT2D eigenvalue weighted by Crippen LogP contribution is -2.47. The summed E-state index contributed by atoms with van der Waals surface area (Å²) in [7, 11) is -3.76. The summed E-state index contributed by atoms with van der Waals surface area (Å²) in [5.41, 5.74) is -0.0373. The van der Waals surface area contributed by atoms with E-state index < -0.39 is 16.0 Å². The monoisotopic (exact) mass is 339 g/mol. The highest BCUT2D eigenvalue weighted by Gasteiger charge is 2.40. The van der Waals surface area contributed by atoms with Crippen LogP contribution in [-0.2, 0) is 14.8 Å². The standard InChI is InChI=1S/C16H21NO5S/c18-16(19)12-4-3-5-13(10-12)23(20,21)17-15(11-7-8-11)14-6-1-2-9-22-14/h3-5,10-11,14-15,17H,1-2,6-9H2,(H,18,19). The molecule has 0 aromatic heterocycles. The van der Waals surface area contributed by atoms with E-state index in [1.54, 1.807) is 0 Å². The number of carbonyl (C=O) groups is 1. The zero-order valence-electron chi connectivity index (χ0n) is 12.8. The molecule has 1 aliphatic heterocycles. The Morgan fingerprint density at radius 2 is 2.04 bits per heavy atom. The molecule has 2 aliphatic rings. The first-order chi connectivity index (χ1) is 11.0. The molecule has 1 aromatic rings. The Bertz CT molecular complexity index is 677. The first-order valence-electron chi connectivity index (χ1n) is 7.95. The lowest BCUT2D eigenvalue weighted by molar-refractivity contribution is -0.00736. The van der Waals surface area contributed by atoms with E-state index in [1.165, 1.54) is 24.3 Å². The van der Waals surface area contributed by atoms with E-state index in [1.807, 2.05) is 0 Å². The van der Waals surface area contributed by atoms with E-state index >= 15 is 0 Å². The van der Waals surface area contributed by atoms with Crippen molar-refractivity contribution in [2.45, 2.75) is 49.1 Å². The van der Waals surface area contributed by atoms with Crippen molar-refractivity contribution < 1.29 is 23.1 Å². The van der Waals surface area contributed by atoms with E-state index in [0.29, 0.717) is 12.5 Å². The Morgan fingerprint density at radius 1 is 1.26 bits per heavy atom. The second kappa shape index (κ2) is 6.59. The van der Waals surface area contributed by atoms with E-state index in [-0.39, 0.29) is 22.6 Å². The number of nitrogens with one attached hydrogen (secondary N) is 1. The highest BCUT2D eigenvalue weighted by Crippen LogP contribution is 2.37. The molecule has 2 N–H and O–H groups in total. The third-order valence-electron chi connectivity index (χ3n) is 4.43. The van der Waals surface area contributed by atoms with Gasteiger partial charge in [0.2, 0.25) is 10.0 Å². The van der Waals surface area contributed by atoms with Crippen LogP contribution in [0.2, 0.25) is 0 Å². The fourth-order valence-corrected chi connectivity index (χ4v) is 4.40. The number of carboxylic acids is 1. The Kier molecular flexibility index (Phi) is 4.70. The van der Waals surface area contributed by atoms with Crippen LogP contribution < -0.4 is 4.72 Å². The van der Waals surface area contributed by atoms with Crippen molar-refractivity contribution in [1.29, 1.82) is 0 Å². The predicted molar refractivity (Wildman–Crippen MR) is 83.8 cm³/mol. The summed E-state index contributed by atoms with van der Waals surface area (Å²) in [6.45, 7) is 0.671. The fraction of sp³-hybridized carbons (Fsp3) is 0.562. The van der Waals surface area contributed by atoms with Gasteiger partial charge in [-0.25, -0.2) is 17.9 Å². The zero-order valence-corrected chi connectivity index (χ0v) is 13.6. The van der Waals surface area contributed by atoms with Crippen molar-refractivity contribution in [2.24, 2.45) is 5.92 Å². The molecule has 0 amide bonds. The molecule has 2 fully saturated rings.